The number of pyridine rings is 1. The highest BCUT2D eigenvalue weighted by atomic mass is 16.5. The molecule has 2 rings (SSSR count). The summed E-state index contributed by atoms with van der Waals surface area (Å²) in [6, 6.07) is 3.97. The molecule has 2 heterocycles. The van der Waals surface area contributed by atoms with Crippen LogP contribution in [0.2, 0.25) is 0 Å². The van der Waals surface area contributed by atoms with E-state index < -0.39 is 0 Å². The fourth-order valence-corrected chi connectivity index (χ4v) is 2.24. The highest BCUT2D eigenvalue weighted by Gasteiger charge is 2.21. The molecule has 1 aromatic heterocycles. The lowest BCUT2D eigenvalue weighted by molar-refractivity contribution is 0.00361. The molecule has 1 aliphatic heterocycles. The van der Waals surface area contributed by atoms with Gasteiger partial charge in [-0.25, -0.2) is 4.98 Å². The molecule has 1 saturated heterocycles. The normalized spacial score (nSPS) is 26.5. The molecule has 0 N–H and O–H groups in total. The lowest BCUT2D eigenvalue weighted by Crippen LogP contribution is -2.26. The third kappa shape index (κ3) is 3.17. The summed E-state index contributed by atoms with van der Waals surface area (Å²) in [6.07, 6.45) is 3.18. The molecule has 1 aliphatic rings. The van der Waals surface area contributed by atoms with Crippen molar-refractivity contribution in [3.8, 4) is 5.88 Å². The summed E-state index contributed by atoms with van der Waals surface area (Å²) in [5, 5.41) is 0. The monoisotopic (exact) mass is 236 g/mol. The summed E-state index contributed by atoms with van der Waals surface area (Å²) < 4.78 is 11.2. The van der Waals surface area contributed by atoms with E-state index in [0.29, 0.717) is 5.88 Å². The maximum atomic E-state index is 6.04. The Kier molecular flexibility index (Phi) is 3.97. The standard InChI is InChI=1S/C13H20N2O2/c1-10-9-15(2)7-5-12(17-10)11-4-6-14-13(8-11)16-3/h4,6,8,10,12H,5,7,9H2,1-3H3/t10?,12-/m0/s1. The van der Waals surface area contributed by atoms with Crippen LogP contribution in [0.25, 0.3) is 0 Å². The first kappa shape index (κ1) is 12.3. The lowest BCUT2D eigenvalue weighted by Gasteiger charge is -2.19. The van der Waals surface area contributed by atoms with E-state index in [0.717, 1.165) is 25.1 Å². The molecule has 0 bridgehead atoms. The molecule has 0 amide bonds. The van der Waals surface area contributed by atoms with Gasteiger partial charge in [-0.05, 0) is 32.0 Å². The van der Waals surface area contributed by atoms with Crippen LogP contribution in [0.15, 0.2) is 18.3 Å². The van der Waals surface area contributed by atoms with Crippen molar-refractivity contribution in [3.05, 3.63) is 23.9 Å². The number of likely N-dealkylation sites (N-methyl/N-ethyl adjacent to an activating group) is 1. The number of nitrogens with zero attached hydrogens (tertiary/aromatic N) is 2. The van der Waals surface area contributed by atoms with E-state index in [1.54, 1.807) is 13.3 Å². The largest absolute Gasteiger partial charge is 0.481 e. The van der Waals surface area contributed by atoms with E-state index in [4.69, 9.17) is 9.47 Å². The van der Waals surface area contributed by atoms with Crippen molar-refractivity contribution < 1.29 is 9.47 Å². The average molecular weight is 236 g/mol. The Morgan fingerprint density at radius 1 is 1.53 bits per heavy atom. The Morgan fingerprint density at radius 2 is 2.35 bits per heavy atom. The van der Waals surface area contributed by atoms with Crippen LogP contribution in [0.4, 0.5) is 0 Å². The molecule has 17 heavy (non-hydrogen) atoms. The van der Waals surface area contributed by atoms with Crippen LogP contribution in [0.5, 0.6) is 5.88 Å². The molecule has 4 nitrogen and oxygen atoms in total. The molecule has 0 aromatic carbocycles. The summed E-state index contributed by atoms with van der Waals surface area (Å²) in [7, 11) is 3.77. The molecule has 1 aromatic rings. The summed E-state index contributed by atoms with van der Waals surface area (Å²) in [5.41, 5.74) is 1.15. The molecule has 0 spiro atoms. The number of ether oxygens (including phenoxy) is 2. The predicted octanol–water partition coefficient (Wildman–Crippen LogP) is 1.87. The first-order chi connectivity index (χ1) is 8.19. The van der Waals surface area contributed by atoms with Crippen molar-refractivity contribution in [3.63, 3.8) is 0 Å². The Hall–Kier alpha value is -1.13. The van der Waals surface area contributed by atoms with Gasteiger partial charge in [0.1, 0.15) is 0 Å². The zero-order chi connectivity index (χ0) is 12.3. The molecular weight excluding hydrogens is 216 g/mol. The second-order valence-electron chi connectivity index (χ2n) is 4.62. The minimum absolute atomic E-state index is 0.145. The second kappa shape index (κ2) is 5.47. The third-order valence-corrected chi connectivity index (χ3v) is 3.08. The van der Waals surface area contributed by atoms with E-state index in [1.165, 1.54) is 0 Å². The summed E-state index contributed by atoms with van der Waals surface area (Å²) in [5.74, 6) is 0.649. The van der Waals surface area contributed by atoms with Gasteiger partial charge in [-0.2, -0.15) is 0 Å². The van der Waals surface area contributed by atoms with Crippen LogP contribution in [-0.2, 0) is 4.74 Å². The molecule has 1 fully saturated rings. The van der Waals surface area contributed by atoms with Crippen LogP contribution < -0.4 is 4.74 Å². The molecule has 0 aliphatic carbocycles. The van der Waals surface area contributed by atoms with Crippen LogP contribution in [0.3, 0.4) is 0 Å². The molecule has 0 radical (unpaired) electrons. The van der Waals surface area contributed by atoms with Gasteiger partial charge >= 0.3 is 0 Å². The summed E-state index contributed by atoms with van der Waals surface area (Å²) in [6.45, 7) is 4.16. The highest BCUT2D eigenvalue weighted by molar-refractivity contribution is 5.22. The van der Waals surface area contributed by atoms with Crippen molar-refractivity contribution in [2.45, 2.75) is 25.6 Å². The maximum Gasteiger partial charge on any atom is 0.213 e. The Bertz CT molecular complexity index is 370. The van der Waals surface area contributed by atoms with Gasteiger partial charge in [0.25, 0.3) is 0 Å². The smallest absolute Gasteiger partial charge is 0.213 e. The van der Waals surface area contributed by atoms with Gasteiger partial charge in [0, 0.05) is 25.4 Å². The van der Waals surface area contributed by atoms with Gasteiger partial charge in [-0.3, -0.25) is 0 Å². The zero-order valence-corrected chi connectivity index (χ0v) is 10.7. The molecule has 0 saturated carbocycles. The SMILES string of the molecule is COc1cc([C@@H]2CCN(C)CC(C)O2)ccn1. The second-order valence-corrected chi connectivity index (χ2v) is 4.62. The topological polar surface area (TPSA) is 34.6 Å². The van der Waals surface area contributed by atoms with E-state index >= 15 is 0 Å². The number of hydrogen-bond donors (Lipinski definition) is 0. The van der Waals surface area contributed by atoms with Crippen molar-refractivity contribution >= 4 is 0 Å². The fraction of sp³-hybridized carbons (Fsp3) is 0.615. The van der Waals surface area contributed by atoms with Crippen LogP contribution in [0, 0.1) is 0 Å². The predicted molar refractivity (Wildman–Crippen MR) is 66.2 cm³/mol. The quantitative estimate of drug-likeness (QED) is 0.785. The summed E-state index contributed by atoms with van der Waals surface area (Å²) >= 11 is 0. The minimum atomic E-state index is 0.145. The van der Waals surface area contributed by atoms with E-state index in [-0.39, 0.29) is 12.2 Å². The van der Waals surface area contributed by atoms with Gasteiger partial charge in [-0.15, -0.1) is 0 Å². The van der Waals surface area contributed by atoms with Crippen molar-refractivity contribution in [1.29, 1.82) is 0 Å². The van der Waals surface area contributed by atoms with Gasteiger partial charge in [-0.1, -0.05) is 0 Å². The van der Waals surface area contributed by atoms with Crippen molar-refractivity contribution in [2.24, 2.45) is 0 Å². The molecule has 1 unspecified atom stereocenters. The van der Waals surface area contributed by atoms with Crippen molar-refractivity contribution in [2.75, 3.05) is 27.2 Å². The van der Waals surface area contributed by atoms with Gasteiger partial charge in [0.2, 0.25) is 5.88 Å². The minimum Gasteiger partial charge on any atom is -0.481 e. The molecule has 2 atom stereocenters. The van der Waals surface area contributed by atoms with E-state index in [9.17, 15) is 0 Å². The van der Waals surface area contributed by atoms with Crippen LogP contribution in [-0.4, -0.2) is 43.2 Å². The average Bonchev–Trinajstić information content (AvgIpc) is 2.50. The molecular formula is C13H20N2O2. The molecule has 4 heteroatoms. The number of rotatable bonds is 2. The van der Waals surface area contributed by atoms with Gasteiger partial charge in [0.05, 0.1) is 19.3 Å². The Labute approximate surface area is 103 Å². The maximum absolute atomic E-state index is 6.04. The van der Waals surface area contributed by atoms with E-state index in [2.05, 4.69) is 23.9 Å². The van der Waals surface area contributed by atoms with E-state index in [1.807, 2.05) is 12.1 Å². The fourth-order valence-electron chi connectivity index (χ4n) is 2.24. The van der Waals surface area contributed by atoms with Crippen molar-refractivity contribution in [1.82, 2.24) is 9.88 Å². The lowest BCUT2D eigenvalue weighted by atomic mass is 10.1. The first-order valence-electron chi connectivity index (χ1n) is 6.03. The molecule has 94 valence electrons. The number of hydrogen-bond acceptors (Lipinski definition) is 4. The highest BCUT2D eigenvalue weighted by Crippen LogP contribution is 2.27. The number of aromatic nitrogens is 1. The summed E-state index contributed by atoms with van der Waals surface area (Å²) in [4.78, 5) is 6.43. The number of methoxy groups -OCH3 is 1. The van der Waals surface area contributed by atoms with Crippen LogP contribution in [0.1, 0.15) is 25.0 Å². The van der Waals surface area contributed by atoms with Gasteiger partial charge < -0.3 is 14.4 Å². The van der Waals surface area contributed by atoms with Gasteiger partial charge in [0.15, 0.2) is 0 Å². The first-order valence-corrected chi connectivity index (χ1v) is 6.03. The Morgan fingerprint density at radius 3 is 3.12 bits per heavy atom. The zero-order valence-electron chi connectivity index (χ0n) is 10.7. The third-order valence-electron chi connectivity index (χ3n) is 3.08. The van der Waals surface area contributed by atoms with Crippen LogP contribution >= 0.6 is 0 Å². The Balaban J connectivity index is 2.14.